The summed E-state index contributed by atoms with van der Waals surface area (Å²) in [7, 11) is 0. The van der Waals surface area contributed by atoms with E-state index < -0.39 is 0 Å². The molecule has 0 radical (unpaired) electrons. The first kappa shape index (κ1) is 11.7. The molecular formula is C15H16Te. The Hall–Kier alpha value is -0.770. The Bertz CT molecular complexity index is 408. The van der Waals surface area contributed by atoms with Gasteiger partial charge in [-0.25, -0.2) is 0 Å². The predicted molar refractivity (Wildman–Crippen MR) is 71.5 cm³/mol. The number of hydrogen-bond acceptors (Lipinski definition) is 0. The van der Waals surface area contributed by atoms with Crippen LogP contribution in [0.15, 0.2) is 60.7 Å². The first-order chi connectivity index (χ1) is 7.86. The summed E-state index contributed by atoms with van der Waals surface area (Å²) in [4.78, 5) is 0. The van der Waals surface area contributed by atoms with Gasteiger partial charge in [-0.05, 0) is 0 Å². The monoisotopic (exact) mass is 326 g/mol. The summed E-state index contributed by atoms with van der Waals surface area (Å²) in [6.07, 6.45) is 0. The molecule has 0 aliphatic carbocycles. The van der Waals surface area contributed by atoms with Crippen LogP contribution in [0.2, 0.25) is 4.47 Å². The Morgan fingerprint density at radius 3 is 2.06 bits per heavy atom. The van der Waals surface area contributed by atoms with Gasteiger partial charge < -0.3 is 0 Å². The molecular weight excluding hydrogens is 308 g/mol. The molecule has 1 unspecified atom stereocenters. The summed E-state index contributed by atoms with van der Waals surface area (Å²) in [6, 6.07) is 21.7. The SMILES string of the molecule is CC(C[Te]c1ccccc1)c1ccccc1. The molecule has 0 bridgehead atoms. The molecule has 0 aliphatic heterocycles. The topological polar surface area (TPSA) is 0 Å². The summed E-state index contributed by atoms with van der Waals surface area (Å²) in [5.74, 6) is 0.698. The van der Waals surface area contributed by atoms with E-state index in [-0.39, 0.29) is 20.9 Å². The second-order valence-corrected chi connectivity index (χ2v) is 7.06. The summed E-state index contributed by atoms with van der Waals surface area (Å²) >= 11 is -0.0216. The first-order valence-corrected chi connectivity index (χ1v) is 8.40. The zero-order chi connectivity index (χ0) is 11.2. The molecule has 0 heterocycles. The third-order valence-electron chi connectivity index (χ3n) is 2.61. The summed E-state index contributed by atoms with van der Waals surface area (Å²) in [5, 5.41) is 0. The van der Waals surface area contributed by atoms with Crippen molar-refractivity contribution in [1.29, 1.82) is 0 Å². The molecule has 82 valence electrons. The van der Waals surface area contributed by atoms with Gasteiger partial charge in [0.05, 0.1) is 0 Å². The third kappa shape index (κ3) is 3.37. The molecule has 0 amide bonds. The van der Waals surface area contributed by atoms with Crippen LogP contribution in [-0.4, -0.2) is 20.9 Å². The second kappa shape index (κ2) is 6.09. The van der Waals surface area contributed by atoms with Gasteiger partial charge in [-0.3, -0.25) is 0 Å². The Morgan fingerprint density at radius 2 is 1.44 bits per heavy atom. The molecule has 2 rings (SSSR count). The average Bonchev–Trinajstić information content (AvgIpc) is 2.38. The number of hydrogen-bond donors (Lipinski definition) is 0. The van der Waals surface area contributed by atoms with E-state index in [1.807, 2.05) is 0 Å². The Labute approximate surface area is 108 Å². The molecule has 2 aromatic carbocycles. The van der Waals surface area contributed by atoms with Crippen LogP contribution in [0.25, 0.3) is 0 Å². The van der Waals surface area contributed by atoms with Crippen LogP contribution in [0, 0.1) is 0 Å². The van der Waals surface area contributed by atoms with E-state index in [0.29, 0.717) is 5.92 Å². The van der Waals surface area contributed by atoms with E-state index >= 15 is 0 Å². The van der Waals surface area contributed by atoms with E-state index in [2.05, 4.69) is 67.6 Å². The van der Waals surface area contributed by atoms with E-state index in [1.54, 1.807) is 3.61 Å². The van der Waals surface area contributed by atoms with Crippen molar-refractivity contribution in [2.45, 2.75) is 17.3 Å². The fraction of sp³-hybridized carbons (Fsp3) is 0.200. The van der Waals surface area contributed by atoms with Gasteiger partial charge in [-0.2, -0.15) is 0 Å². The van der Waals surface area contributed by atoms with Gasteiger partial charge in [0.2, 0.25) is 0 Å². The molecule has 16 heavy (non-hydrogen) atoms. The van der Waals surface area contributed by atoms with Gasteiger partial charge in [-0.15, -0.1) is 0 Å². The average molecular weight is 324 g/mol. The van der Waals surface area contributed by atoms with Crippen LogP contribution in [0.5, 0.6) is 0 Å². The van der Waals surface area contributed by atoms with Gasteiger partial charge in [-0.1, -0.05) is 0 Å². The molecule has 0 spiro atoms. The molecule has 0 fully saturated rings. The van der Waals surface area contributed by atoms with E-state index in [0.717, 1.165) is 0 Å². The number of rotatable bonds is 4. The fourth-order valence-corrected chi connectivity index (χ4v) is 4.43. The van der Waals surface area contributed by atoms with Crippen LogP contribution in [-0.2, 0) is 0 Å². The van der Waals surface area contributed by atoms with Crippen LogP contribution in [0.3, 0.4) is 0 Å². The minimum absolute atomic E-state index is 0.0216. The van der Waals surface area contributed by atoms with Crippen molar-refractivity contribution in [3.63, 3.8) is 0 Å². The molecule has 1 heteroatoms. The van der Waals surface area contributed by atoms with Crippen molar-refractivity contribution in [1.82, 2.24) is 0 Å². The summed E-state index contributed by atoms with van der Waals surface area (Å²) in [6.45, 7) is 2.34. The Kier molecular flexibility index (Phi) is 4.45. The molecule has 2 aromatic rings. The molecule has 0 aliphatic rings. The second-order valence-electron chi connectivity index (χ2n) is 3.94. The molecule has 0 N–H and O–H groups in total. The third-order valence-corrected chi connectivity index (χ3v) is 6.24. The van der Waals surface area contributed by atoms with Gasteiger partial charge >= 0.3 is 108 Å². The standard InChI is InChI=1S/C15H16Te/c1-13(14-8-4-2-5-9-14)12-16-15-10-6-3-7-11-15/h2-11,13H,12H2,1H3. The van der Waals surface area contributed by atoms with E-state index in [4.69, 9.17) is 0 Å². The van der Waals surface area contributed by atoms with Crippen LogP contribution in [0.1, 0.15) is 18.4 Å². The maximum atomic E-state index is 2.34. The minimum atomic E-state index is -0.0216. The van der Waals surface area contributed by atoms with Crippen LogP contribution in [0.4, 0.5) is 0 Å². The van der Waals surface area contributed by atoms with Gasteiger partial charge in [0, 0.05) is 0 Å². The Morgan fingerprint density at radius 1 is 0.875 bits per heavy atom. The van der Waals surface area contributed by atoms with Crippen molar-refractivity contribution in [3.8, 4) is 0 Å². The van der Waals surface area contributed by atoms with Crippen LogP contribution >= 0.6 is 0 Å². The van der Waals surface area contributed by atoms with Crippen LogP contribution < -0.4 is 3.61 Å². The zero-order valence-corrected chi connectivity index (χ0v) is 11.8. The summed E-state index contributed by atoms with van der Waals surface area (Å²) < 4.78 is 2.91. The van der Waals surface area contributed by atoms with E-state index in [1.165, 1.54) is 10.0 Å². The van der Waals surface area contributed by atoms with E-state index in [9.17, 15) is 0 Å². The maximum absolute atomic E-state index is 2.34. The molecule has 0 nitrogen and oxygen atoms in total. The van der Waals surface area contributed by atoms with Crippen molar-refractivity contribution in [2.75, 3.05) is 0 Å². The van der Waals surface area contributed by atoms with Crippen molar-refractivity contribution in [2.24, 2.45) is 0 Å². The van der Waals surface area contributed by atoms with Gasteiger partial charge in [0.15, 0.2) is 0 Å². The zero-order valence-electron chi connectivity index (χ0n) is 9.47. The quantitative estimate of drug-likeness (QED) is 0.758. The molecule has 0 saturated carbocycles. The van der Waals surface area contributed by atoms with Gasteiger partial charge in [0.25, 0.3) is 0 Å². The molecule has 0 aromatic heterocycles. The summed E-state index contributed by atoms with van der Waals surface area (Å²) in [5.41, 5.74) is 1.48. The van der Waals surface area contributed by atoms with Gasteiger partial charge in [0.1, 0.15) is 0 Å². The van der Waals surface area contributed by atoms with Crippen molar-refractivity contribution in [3.05, 3.63) is 66.2 Å². The Balaban J connectivity index is 1.92. The predicted octanol–water partition coefficient (Wildman–Crippen LogP) is 3.24. The normalized spacial score (nSPS) is 12.3. The molecule has 0 saturated heterocycles. The number of benzene rings is 2. The van der Waals surface area contributed by atoms with Crippen molar-refractivity contribution < 1.29 is 0 Å². The van der Waals surface area contributed by atoms with Crippen molar-refractivity contribution >= 4 is 24.5 Å². The fourth-order valence-electron chi connectivity index (χ4n) is 1.62. The first-order valence-electron chi connectivity index (χ1n) is 5.59. The molecule has 1 atom stereocenters.